The number of carbonyl (C=O) groups is 1. The summed E-state index contributed by atoms with van der Waals surface area (Å²) in [7, 11) is 2.06. The van der Waals surface area contributed by atoms with Gasteiger partial charge in [-0.3, -0.25) is 9.69 Å². The molecule has 1 N–H and O–H groups in total. The predicted octanol–water partition coefficient (Wildman–Crippen LogP) is 3.56. The van der Waals surface area contributed by atoms with E-state index in [0.29, 0.717) is 15.7 Å². The van der Waals surface area contributed by atoms with Gasteiger partial charge in [0.1, 0.15) is 5.15 Å². The summed E-state index contributed by atoms with van der Waals surface area (Å²) in [6.45, 7) is 0.928. The van der Waals surface area contributed by atoms with Crippen LogP contribution in [-0.4, -0.2) is 35.4 Å². The van der Waals surface area contributed by atoms with Crippen molar-refractivity contribution in [1.29, 1.82) is 0 Å². The third-order valence-corrected chi connectivity index (χ3v) is 4.64. The van der Waals surface area contributed by atoms with E-state index in [-0.39, 0.29) is 18.0 Å². The van der Waals surface area contributed by atoms with Gasteiger partial charge in [0.05, 0.1) is 17.6 Å². The third-order valence-electron chi connectivity index (χ3n) is 4.17. The molecular weight excluding hydrogens is 333 g/mol. The van der Waals surface area contributed by atoms with Crippen LogP contribution in [0, 0.1) is 0 Å². The smallest absolute Gasteiger partial charge is 0.253 e. The van der Waals surface area contributed by atoms with Crippen LogP contribution in [0.4, 0.5) is 0 Å². The number of rotatable bonds is 3. The van der Waals surface area contributed by atoms with Crippen LogP contribution in [0.5, 0.6) is 0 Å². The van der Waals surface area contributed by atoms with Crippen LogP contribution >= 0.6 is 23.2 Å². The maximum absolute atomic E-state index is 12.4. The van der Waals surface area contributed by atoms with Crippen molar-refractivity contribution in [1.82, 2.24) is 15.2 Å². The topological polar surface area (TPSA) is 45.2 Å². The summed E-state index contributed by atoms with van der Waals surface area (Å²) >= 11 is 11.7. The molecule has 1 fully saturated rings. The number of aromatic nitrogens is 1. The molecule has 6 heteroatoms. The Hall–Kier alpha value is -1.62. The lowest BCUT2D eigenvalue weighted by atomic mass is 10.00. The number of hydrogen-bond acceptors (Lipinski definition) is 3. The van der Waals surface area contributed by atoms with Crippen LogP contribution in [0.2, 0.25) is 10.2 Å². The fourth-order valence-electron chi connectivity index (χ4n) is 3.01. The second-order valence-electron chi connectivity index (χ2n) is 5.72. The molecule has 23 heavy (non-hydrogen) atoms. The second-order valence-corrected chi connectivity index (χ2v) is 6.54. The molecule has 1 aromatic heterocycles. The molecule has 3 rings (SSSR count). The molecule has 1 aromatic carbocycles. The second kappa shape index (κ2) is 6.87. The van der Waals surface area contributed by atoms with Gasteiger partial charge in [0.25, 0.3) is 5.91 Å². The Morgan fingerprint density at radius 3 is 2.61 bits per heavy atom. The van der Waals surface area contributed by atoms with E-state index in [1.54, 1.807) is 12.1 Å². The maximum Gasteiger partial charge on any atom is 0.253 e. The van der Waals surface area contributed by atoms with Gasteiger partial charge in [0.15, 0.2) is 0 Å². The Morgan fingerprint density at radius 2 is 1.96 bits per heavy atom. The number of likely N-dealkylation sites (N-methyl/N-ethyl adjacent to an activating group) is 1. The summed E-state index contributed by atoms with van der Waals surface area (Å²) in [6, 6.07) is 11.3. The molecule has 1 aliphatic rings. The first kappa shape index (κ1) is 16.2. The average Bonchev–Trinajstić information content (AvgIpc) is 2.89. The molecular formula is C17H17Cl2N3O. The maximum atomic E-state index is 12.4. The molecule has 2 heterocycles. The van der Waals surface area contributed by atoms with E-state index in [9.17, 15) is 4.79 Å². The number of nitrogens with zero attached hydrogens (tertiary/aromatic N) is 2. The Kier molecular flexibility index (Phi) is 4.85. The number of benzene rings is 1. The Balaban J connectivity index is 1.77. The summed E-state index contributed by atoms with van der Waals surface area (Å²) in [5.41, 5.74) is 1.66. The van der Waals surface area contributed by atoms with Crippen molar-refractivity contribution in [2.24, 2.45) is 0 Å². The SMILES string of the molecule is CN1CC[C@@H](NC(=O)c2ccc(Cl)nc2)[C@@H]1c1ccc(Cl)cc1. The predicted molar refractivity (Wildman–Crippen MR) is 91.9 cm³/mol. The largest absolute Gasteiger partial charge is 0.347 e. The van der Waals surface area contributed by atoms with E-state index in [1.165, 1.54) is 6.20 Å². The minimum atomic E-state index is -0.131. The van der Waals surface area contributed by atoms with Gasteiger partial charge >= 0.3 is 0 Å². The van der Waals surface area contributed by atoms with E-state index in [2.05, 4.69) is 22.2 Å². The van der Waals surface area contributed by atoms with E-state index < -0.39 is 0 Å². The van der Waals surface area contributed by atoms with E-state index in [0.717, 1.165) is 18.5 Å². The summed E-state index contributed by atoms with van der Waals surface area (Å²) in [4.78, 5) is 18.6. The quantitative estimate of drug-likeness (QED) is 0.861. The van der Waals surface area contributed by atoms with Crippen LogP contribution in [0.3, 0.4) is 0 Å². The molecule has 0 saturated carbocycles. The monoisotopic (exact) mass is 349 g/mol. The van der Waals surface area contributed by atoms with Crippen molar-refractivity contribution in [2.75, 3.05) is 13.6 Å². The average molecular weight is 350 g/mol. The van der Waals surface area contributed by atoms with E-state index in [4.69, 9.17) is 23.2 Å². The highest BCUT2D eigenvalue weighted by atomic mass is 35.5. The Morgan fingerprint density at radius 1 is 1.22 bits per heavy atom. The number of carbonyl (C=O) groups excluding carboxylic acids is 1. The number of nitrogens with one attached hydrogen (secondary N) is 1. The van der Waals surface area contributed by atoms with E-state index >= 15 is 0 Å². The highest BCUT2D eigenvalue weighted by Crippen LogP contribution is 2.31. The van der Waals surface area contributed by atoms with Crippen molar-refractivity contribution in [3.63, 3.8) is 0 Å². The van der Waals surface area contributed by atoms with Gasteiger partial charge in [-0.25, -0.2) is 4.98 Å². The molecule has 0 aliphatic carbocycles. The number of likely N-dealkylation sites (tertiary alicyclic amines) is 1. The molecule has 0 radical (unpaired) electrons. The van der Waals surface area contributed by atoms with Gasteiger partial charge < -0.3 is 5.32 Å². The van der Waals surface area contributed by atoms with Crippen molar-refractivity contribution >= 4 is 29.1 Å². The summed E-state index contributed by atoms with van der Waals surface area (Å²) < 4.78 is 0. The van der Waals surface area contributed by atoms with Crippen LogP contribution in [0.1, 0.15) is 28.4 Å². The summed E-state index contributed by atoms with van der Waals surface area (Å²) in [5, 5.41) is 4.20. The van der Waals surface area contributed by atoms with Gasteiger partial charge in [0, 0.05) is 17.8 Å². The van der Waals surface area contributed by atoms with Gasteiger partial charge in [-0.05, 0) is 43.3 Å². The fraction of sp³-hybridized carbons (Fsp3) is 0.294. The van der Waals surface area contributed by atoms with Gasteiger partial charge in [0.2, 0.25) is 0 Å². The van der Waals surface area contributed by atoms with Gasteiger partial charge in [-0.2, -0.15) is 0 Å². The van der Waals surface area contributed by atoms with Gasteiger partial charge in [-0.15, -0.1) is 0 Å². The molecule has 1 aliphatic heterocycles. The number of halogens is 2. The first-order chi connectivity index (χ1) is 11.0. The normalized spacial score (nSPS) is 21.3. The lowest BCUT2D eigenvalue weighted by molar-refractivity contribution is 0.0927. The highest BCUT2D eigenvalue weighted by Gasteiger charge is 2.34. The first-order valence-corrected chi connectivity index (χ1v) is 8.18. The summed E-state index contributed by atoms with van der Waals surface area (Å²) in [5.74, 6) is -0.131. The zero-order valence-electron chi connectivity index (χ0n) is 12.7. The van der Waals surface area contributed by atoms with Crippen molar-refractivity contribution in [3.8, 4) is 0 Å². The Bertz CT molecular complexity index is 688. The van der Waals surface area contributed by atoms with Crippen molar-refractivity contribution in [2.45, 2.75) is 18.5 Å². The zero-order valence-corrected chi connectivity index (χ0v) is 14.2. The lowest BCUT2D eigenvalue weighted by Crippen LogP contribution is -2.39. The van der Waals surface area contributed by atoms with Gasteiger partial charge in [-0.1, -0.05) is 35.3 Å². The van der Waals surface area contributed by atoms with E-state index in [1.807, 2.05) is 24.3 Å². The van der Waals surface area contributed by atoms with Crippen LogP contribution in [0.15, 0.2) is 42.6 Å². The minimum absolute atomic E-state index is 0.0457. The molecule has 120 valence electrons. The molecule has 1 amide bonds. The van der Waals surface area contributed by atoms with Crippen LogP contribution < -0.4 is 5.32 Å². The molecule has 1 saturated heterocycles. The molecule has 4 nitrogen and oxygen atoms in total. The fourth-order valence-corrected chi connectivity index (χ4v) is 3.24. The van der Waals surface area contributed by atoms with Crippen LogP contribution in [0.25, 0.3) is 0 Å². The number of pyridine rings is 1. The summed E-state index contributed by atoms with van der Waals surface area (Å²) in [6.07, 6.45) is 2.39. The third kappa shape index (κ3) is 3.66. The highest BCUT2D eigenvalue weighted by molar-refractivity contribution is 6.30. The lowest BCUT2D eigenvalue weighted by Gasteiger charge is -2.26. The van der Waals surface area contributed by atoms with Crippen molar-refractivity contribution < 1.29 is 4.79 Å². The minimum Gasteiger partial charge on any atom is -0.347 e. The standard InChI is InChI=1S/C17H17Cl2N3O/c1-22-9-8-14(16(22)11-2-5-13(18)6-3-11)21-17(23)12-4-7-15(19)20-10-12/h2-7,10,14,16H,8-9H2,1H3,(H,21,23)/t14-,16+/m1/s1. The molecule has 0 unspecified atom stereocenters. The zero-order chi connectivity index (χ0) is 16.4. The molecule has 2 atom stereocenters. The molecule has 0 spiro atoms. The van der Waals surface area contributed by atoms with Crippen molar-refractivity contribution in [3.05, 3.63) is 63.9 Å². The van der Waals surface area contributed by atoms with Crippen LogP contribution in [-0.2, 0) is 0 Å². The number of hydrogen-bond donors (Lipinski definition) is 1. The molecule has 2 aromatic rings. The molecule has 0 bridgehead atoms. The Labute approximate surface area is 145 Å². The first-order valence-electron chi connectivity index (χ1n) is 7.43. The number of amides is 1.